The van der Waals surface area contributed by atoms with E-state index in [-0.39, 0.29) is 6.04 Å². The first-order valence-electron chi connectivity index (χ1n) is 8.94. The number of benzene rings is 1. The number of aromatic nitrogens is 4. The van der Waals surface area contributed by atoms with E-state index in [2.05, 4.69) is 32.2 Å². The molecule has 0 spiro atoms. The van der Waals surface area contributed by atoms with Crippen LogP contribution in [-0.2, 0) is 6.61 Å². The Balaban J connectivity index is 1.44. The fourth-order valence-electron chi connectivity index (χ4n) is 2.86. The average molecular weight is 372 g/mol. The predicted molar refractivity (Wildman–Crippen MR) is 109 cm³/mol. The van der Waals surface area contributed by atoms with Crippen molar-refractivity contribution in [1.29, 1.82) is 0 Å². The van der Waals surface area contributed by atoms with Gasteiger partial charge >= 0.3 is 0 Å². The molecule has 0 amide bonds. The van der Waals surface area contributed by atoms with Gasteiger partial charge in [-0.3, -0.25) is 4.98 Å². The van der Waals surface area contributed by atoms with Gasteiger partial charge < -0.3 is 15.8 Å². The van der Waals surface area contributed by atoms with Crippen LogP contribution in [0.1, 0.15) is 24.1 Å². The molecule has 3 N–H and O–H groups in total. The molecule has 28 heavy (non-hydrogen) atoms. The van der Waals surface area contributed by atoms with E-state index in [0.717, 1.165) is 28.1 Å². The number of hydrogen-bond acceptors (Lipinski definition) is 7. The van der Waals surface area contributed by atoms with Crippen LogP contribution < -0.4 is 15.8 Å². The zero-order chi connectivity index (χ0) is 19.3. The van der Waals surface area contributed by atoms with Gasteiger partial charge in [-0.25, -0.2) is 15.0 Å². The maximum absolute atomic E-state index is 5.81. The van der Waals surface area contributed by atoms with Crippen LogP contribution in [-0.4, -0.2) is 19.9 Å². The SMILES string of the molecule is CC(Nc1ncnc2nc(N)ccc12)c1ccc(OCc2cccnc2)cc1. The van der Waals surface area contributed by atoms with Gasteiger partial charge in [0.2, 0.25) is 0 Å². The van der Waals surface area contributed by atoms with Crippen LogP contribution in [0.3, 0.4) is 0 Å². The molecule has 0 aliphatic rings. The summed E-state index contributed by atoms with van der Waals surface area (Å²) in [6.07, 6.45) is 5.03. The van der Waals surface area contributed by atoms with Gasteiger partial charge in [-0.2, -0.15) is 0 Å². The van der Waals surface area contributed by atoms with Crippen molar-refractivity contribution in [2.45, 2.75) is 19.6 Å². The number of anilines is 2. The number of fused-ring (bicyclic) bond motifs is 1. The van der Waals surface area contributed by atoms with Gasteiger partial charge in [0.15, 0.2) is 5.65 Å². The van der Waals surface area contributed by atoms with Crippen molar-refractivity contribution in [3.63, 3.8) is 0 Å². The first kappa shape index (κ1) is 17.7. The normalized spacial score (nSPS) is 11.9. The van der Waals surface area contributed by atoms with E-state index in [1.54, 1.807) is 18.5 Å². The fourth-order valence-corrected chi connectivity index (χ4v) is 2.86. The summed E-state index contributed by atoms with van der Waals surface area (Å²) in [5, 5.41) is 4.25. The van der Waals surface area contributed by atoms with Crippen LogP contribution in [0.25, 0.3) is 11.0 Å². The van der Waals surface area contributed by atoms with E-state index < -0.39 is 0 Å². The molecule has 3 heterocycles. The lowest BCUT2D eigenvalue weighted by molar-refractivity contribution is 0.305. The predicted octanol–water partition coefficient (Wildman–Crippen LogP) is 3.75. The van der Waals surface area contributed by atoms with Crippen LogP contribution in [0.15, 0.2) is 67.3 Å². The van der Waals surface area contributed by atoms with Gasteiger partial charge in [-0.05, 0) is 42.8 Å². The third kappa shape index (κ3) is 3.98. The Labute approximate surface area is 162 Å². The molecule has 4 rings (SSSR count). The first-order valence-corrected chi connectivity index (χ1v) is 8.94. The number of nitrogens with zero attached hydrogens (tertiary/aromatic N) is 4. The summed E-state index contributed by atoms with van der Waals surface area (Å²) in [5.74, 6) is 1.97. The molecule has 0 radical (unpaired) electrons. The number of rotatable bonds is 6. The highest BCUT2D eigenvalue weighted by molar-refractivity contribution is 5.87. The molecule has 1 unspecified atom stereocenters. The van der Waals surface area contributed by atoms with Crippen molar-refractivity contribution in [2.75, 3.05) is 11.1 Å². The molecular weight excluding hydrogens is 352 g/mol. The second-order valence-corrected chi connectivity index (χ2v) is 6.41. The Morgan fingerprint density at radius 3 is 2.71 bits per heavy atom. The van der Waals surface area contributed by atoms with E-state index in [1.165, 1.54) is 6.33 Å². The van der Waals surface area contributed by atoms with E-state index in [0.29, 0.717) is 18.1 Å². The Hall–Kier alpha value is -3.74. The number of nitrogen functional groups attached to an aromatic ring is 1. The highest BCUT2D eigenvalue weighted by Crippen LogP contribution is 2.25. The van der Waals surface area contributed by atoms with E-state index in [4.69, 9.17) is 10.5 Å². The summed E-state index contributed by atoms with van der Waals surface area (Å²) in [6.45, 7) is 2.56. The molecular formula is C21H20N6O. The average Bonchev–Trinajstić information content (AvgIpc) is 2.73. The number of pyridine rings is 2. The zero-order valence-corrected chi connectivity index (χ0v) is 15.4. The lowest BCUT2D eigenvalue weighted by atomic mass is 10.1. The fraction of sp³-hybridized carbons (Fsp3) is 0.143. The van der Waals surface area contributed by atoms with Crippen molar-refractivity contribution in [3.05, 3.63) is 78.4 Å². The molecule has 7 nitrogen and oxygen atoms in total. The molecule has 0 bridgehead atoms. The van der Waals surface area contributed by atoms with Crippen LogP contribution in [0.4, 0.5) is 11.6 Å². The van der Waals surface area contributed by atoms with Gasteiger partial charge in [0.1, 0.15) is 30.3 Å². The molecule has 1 aromatic carbocycles. The summed E-state index contributed by atoms with van der Waals surface area (Å²) in [6, 6.07) is 15.6. The highest BCUT2D eigenvalue weighted by Gasteiger charge is 2.10. The van der Waals surface area contributed by atoms with Crippen LogP contribution in [0, 0.1) is 0 Å². The maximum Gasteiger partial charge on any atom is 0.166 e. The summed E-state index contributed by atoms with van der Waals surface area (Å²) in [7, 11) is 0. The molecule has 0 saturated carbocycles. The number of nitrogens with one attached hydrogen (secondary N) is 1. The topological polar surface area (TPSA) is 98.8 Å². The number of nitrogens with two attached hydrogens (primary N) is 1. The largest absolute Gasteiger partial charge is 0.489 e. The van der Waals surface area contributed by atoms with Crippen LogP contribution in [0.5, 0.6) is 5.75 Å². The highest BCUT2D eigenvalue weighted by atomic mass is 16.5. The zero-order valence-electron chi connectivity index (χ0n) is 15.4. The summed E-state index contributed by atoms with van der Waals surface area (Å²) >= 11 is 0. The third-order valence-electron chi connectivity index (χ3n) is 4.38. The second-order valence-electron chi connectivity index (χ2n) is 6.41. The van der Waals surface area contributed by atoms with E-state index >= 15 is 0 Å². The van der Waals surface area contributed by atoms with Crippen molar-refractivity contribution < 1.29 is 4.74 Å². The molecule has 140 valence electrons. The summed E-state index contributed by atoms with van der Waals surface area (Å²) in [5.41, 5.74) is 8.46. The quantitative estimate of drug-likeness (QED) is 0.532. The van der Waals surface area contributed by atoms with Gasteiger partial charge in [-0.15, -0.1) is 0 Å². The minimum Gasteiger partial charge on any atom is -0.489 e. The van der Waals surface area contributed by atoms with E-state index in [1.807, 2.05) is 42.5 Å². The standard InChI is InChI=1S/C21H20N6O/c1-14(26-20-18-8-9-19(22)27-21(18)25-13-24-20)16-4-6-17(7-5-16)28-12-15-3-2-10-23-11-15/h2-11,13-14H,12H2,1H3,(H3,22,24,25,26,27). The van der Waals surface area contributed by atoms with Crippen molar-refractivity contribution in [2.24, 2.45) is 0 Å². The number of ether oxygens (including phenoxy) is 1. The number of hydrogen-bond donors (Lipinski definition) is 2. The third-order valence-corrected chi connectivity index (χ3v) is 4.38. The van der Waals surface area contributed by atoms with E-state index in [9.17, 15) is 0 Å². The Bertz CT molecular complexity index is 1070. The van der Waals surface area contributed by atoms with Gasteiger partial charge in [0.25, 0.3) is 0 Å². The van der Waals surface area contributed by atoms with Crippen molar-refractivity contribution in [1.82, 2.24) is 19.9 Å². The van der Waals surface area contributed by atoms with Gasteiger partial charge in [0.05, 0.1) is 5.39 Å². The molecule has 7 heteroatoms. The Kier molecular flexibility index (Phi) is 4.97. The van der Waals surface area contributed by atoms with Crippen LogP contribution >= 0.6 is 0 Å². The molecule has 0 aliphatic heterocycles. The van der Waals surface area contributed by atoms with Gasteiger partial charge in [0, 0.05) is 24.0 Å². The van der Waals surface area contributed by atoms with Crippen molar-refractivity contribution >= 4 is 22.7 Å². The minimum atomic E-state index is 0.0445. The lowest BCUT2D eigenvalue weighted by Gasteiger charge is -2.16. The molecule has 0 saturated heterocycles. The van der Waals surface area contributed by atoms with Crippen LogP contribution in [0.2, 0.25) is 0 Å². The van der Waals surface area contributed by atoms with Crippen molar-refractivity contribution in [3.8, 4) is 5.75 Å². The Morgan fingerprint density at radius 2 is 1.93 bits per heavy atom. The first-order chi connectivity index (χ1) is 13.7. The summed E-state index contributed by atoms with van der Waals surface area (Å²) in [4.78, 5) is 16.9. The van der Waals surface area contributed by atoms with Gasteiger partial charge in [-0.1, -0.05) is 18.2 Å². The molecule has 4 aromatic rings. The maximum atomic E-state index is 5.81. The monoisotopic (exact) mass is 372 g/mol. The second kappa shape index (κ2) is 7.87. The molecule has 0 fully saturated rings. The molecule has 1 atom stereocenters. The minimum absolute atomic E-state index is 0.0445. The molecule has 3 aromatic heterocycles. The smallest absolute Gasteiger partial charge is 0.166 e. The lowest BCUT2D eigenvalue weighted by Crippen LogP contribution is -2.09. The molecule has 0 aliphatic carbocycles. The summed E-state index contributed by atoms with van der Waals surface area (Å²) < 4.78 is 5.81. The Morgan fingerprint density at radius 1 is 1.07 bits per heavy atom.